The smallest absolute Gasteiger partial charge is 0.141 e. The van der Waals surface area contributed by atoms with Gasteiger partial charge in [-0.25, -0.2) is 0 Å². The predicted molar refractivity (Wildman–Crippen MR) is 81.5 cm³/mol. The fraction of sp³-hybridized carbons (Fsp3) is 0.600. The molecule has 0 aromatic heterocycles. The second-order valence-corrected chi connectivity index (χ2v) is 5.16. The lowest BCUT2D eigenvalue weighted by Gasteiger charge is -2.24. The van der Waals surface area contributed by atoms with Crippen LogP contribution in [-0.4, -0.2) is 50.6 Å². The van der Waals surface area contributed by atoms with Gasteiger partial charge in [0.1, 0.15) is 5.75 Å². The van der Waals surface area contributed by atoms with Crippen LogP contribution in [0.15, 0.2) is 18.2 Å². The van der Waals surface area contributed by atoms with E-state index in [1.165, 1.54) is 12.0 Å². The van der Waals surface area contributed by atoms with E-state index < -0.39 is 0 Å². The minimum atomic E-state index is 0.712. The molecule has 1 aromatic rings. The summed E-state index contributed by atoms with van der Waals surface area (Å²) in [5, 5.41) is 0. The summed E-state index contributed by atoms with van der Waals surface area (Å²) in [6.45, 7) is 6.42. The first-order valence-corrected chi connectivity index (χ1v) is 6.86. The molecule has 2 N–H and O–H groups in total. The maximum atomic E-state index is 5.95. The first-order chi connectivity index (χ1) is 9.06. The van der Waals surface area contributed by atoms with Crippen molar-refractivity contribution in [3.63, 3.8) is 0 Å². The summed E-state index contributed by atoms with van der Waals surface area (Å²) in [5.74, 6) is 0.749. The zero-order valence-corrected chi connectivity index (χ0v) is 12.6. The predicted octanol–water partition coefficient (Wildman–Crippen LogP) is 2.05. The van der Waals surface area contributed by atoms with Crippen molar-refractivity contribution in [2.75, 3.05) is 46.6 Å². The highest BCUT2D eigenvalue weighted by atomic mass is 16.5. The second-order valence-electron chi connectivity index (χ2n) is 5.16. The van der Waals surface area contributed by atoms with Crippen molar-refractivity contribution in [2.45, 2.75) is 19.9 Å². The van der Waals surface area contributed by atoms with Gasteiger partial charge >= 0.3 is 0 Å². The number of methoxy groups -OCH3 is 1. The molecule has 0 bridgehead atoms. The van der Waals surface area contributed by atoms with E-state index in [0.29, 0.717) is 5.69 Å². The monoisotopic (exact) mass is 265 g/mol. The van der Waals surface area contributed by atoms with Gasteiger partial charge in [0, 0.05) is 19.6 Å². The van der Waals surface area contributed by atoms with E-state index in [1.807, 2.05) is 12.1 Å². The zero-order chi connectivity index (χ0) is 14.3. The van der Waals surface area contributed by atoms with Gasteiger partial charge in [-0.05, 0) is 44.8 Å². The molecule has 0 saturated carbocycles. The Balaban J connectivity index is 2.64. The highest BCUT2D eigenvalue weighted by Gasteiger charge is 2.07. The molecule has 1 rings (SSSR count). The van der Waals surface area contributed by atoms with Crippen LogP contribution in [-0.2, 0) is 6.54 Å². The fourth-order valence-electron chi connectivity index (χ4n) is 2.07. The van der Waals surface area contributed by atoms with Crippen molar-refractivity contribution in [3.05, 3.63) is 23.8 Å². The molecule has 0 aliphatic carbocycles. The van der Waals surface area contributed by atoms with E-state index in [0.717, 1.165) is 31.9 Å². The maximum absolute atomic E-state index is 5.95. The third-order valence-corrected chi connectivity index (χ3v) is 3.10. The summed E-state index contributed by atoms with van der Waals surface area (Å²) in [4.78, 5) is 4.67. The van der Waals surface area contributed by atoms with E-state index in [4.69, 9.17) is 10.5 Å². The Hall–Kier alpha value is -1.26. The summed E-state index contributed by atoms with van der Waals surface area (Å²) in [6.07, 6.45) is 1.17. The molecule has 4 heteroatoms. The van der Waals surface area contributed by atoms with Gasteiger partial charge in [0.25, 0.3) is 0 Å². The van der Waals surface area contributed by atoms with Gasteiger partial charge in [-0.2, -0.15) is 0 Å². The molecule has 0 fully saturated rings. The Labute approximate surface area is 117 Å². The first kappa shape index (κ1) is 15.8. The van der Waals surface area contributed by atoms with Crippen molar-refractivity contribution in [1.29, 1.82) is 0 Å². The molecule has 1 aromatic carbocycles. The second kappa shape index (κ2) is 8.02. The van der Waals surface area contributed by atoms with Crippen LogP contribution in [0.1, 0.15) is 18.9 Å². The number of nitrogens with zero attached hydrogens (tertiary/aromatic N) is 2. The quantitative estimate of drug-likeness (QED) is 0.731. The van der Waals surface area contributed by atoms with Crippen LogP contribution < -0.4 is 10.5 Å². The van der Waals surface area contributed by atoms with E-state index >= 15 is 0 Å². The van der Waals surface area contributed by atoms with Crippen molar-refractivity contribution in [1.82, 2.24) is 9.80 Å². The molecule has 4 nitrogen and oxygen atoms in total. The van der Waals surface area contributed by atoms with Crippen molar-refractivity contribution in [3.8, 4) is 5.75 Å². The van der Waals surface area contributed by atoms with Gasteiger partial charge in [-0.15, -0.1) is 0 Å². The Morgan fingerprint density at radius 1 is 1.16 bits per heavy atom. The van der Waals surface area contributed by atoms with Crippen molar-refractivity contribution < 1.29 is 4.74 Å². The number of nitrogens with two attached hydrogens (primary N) is 1. The molecule has 0 amide bonds. The normalized spacial score (nSPS) is 11.3. The molecular weight excluding hydrogens is 238 g/mol. The van der Waals surface area contributed by atoms with Crippen molar-refractivity contribution in [2.24, 2.45) is 0 Å². The summed E-state index contributed by atoms with van der Waals surface area (Å²) in [5.41, 5.74) is 7.91. The Kier molecular flexibility index (Phi) is 6.67. The van der Waals surface area contributed by atoms with Gasteiger partial charge < -0.3 is 15.4 Å². The highest BCUT2D eigenvalue weighted by Crippen LogP contribution is 2.22. The Morgan fingerprint density at radius 3 is 2.42 bits per heavy atom. The molecule has 0 spiro atoms. The molecule has 108 valence electrons. The van der Waals surface area contributed by atoms with Crippen LogP contribution in [0.25, 0.3) is 0 Å². The van der Waals surface area contributed by atoms with E-state index in [9.17, 15) is 0 Å². The van der Waals surface area contributed by atoms with Gasteiger partial charge in [-0.3, -0.25) is 4.90 Å². The average molecular weight is 265 g/mol. The Bertz CT molecular complexity index is 380. The standard InChI is InChI=1S/C15H27N3O/c1-5-8-18(10-9-17(2)3)12-13-6-7-15(19-4)14(16)11-13/h6-7,11H,5,8-10,12,16H2,1-4H3. The number of ether oxygens (including phenoxy) is 1. The van der Waals surface area contributed by atoms with Crippen LogP contribution in [0.3, 0.4) is 0 Å². The molecule has 0 heterocycles. The maximum Gasteiger partial charge on any atom is 0.141 e. The lowest BCUT2D eigenvalue weighted by atomic mass is 10.1. The minimum absolute atomic E-state index is 0.712. The van der Waals surface area contributed by atoms with Crippen LogP contribution in [0.5, 0.6) is 5.75 Å². The molecule has 0 unspecified atom stereocenters. The summed E-state index contributed by atoms with van der Waals surface area (Å²) in [6, 6.07) is 6.05. The molecule has 19 heavy (non-hydrogen) atoms. The third kappa shape index (κ3) is 5.49. The van der Waals surface area contributed by atoms with E-state index in [2.05, 4.69) is 36.9 Å². The fourth-order valence-corrected chi connectivity index (χ4v) is 2.07. The first-order valence-electron chi connectivity index (χ1n) is 6.86. The molecular formula is C15H27N3O. The van der Waals surface area contributed by atoms with Crippen molar-refractivity contribution >= 4 is 5.69 Å². The largest absolute Gasteiger partial charge is 0.495 e. The number of likely N-dealkylation sites (N-methyl/N-ethyl adjacent to an activating group) is 1. The van der Waals surface area contributed by atoms with Gasteiger partial charge in [0.2, 0.25) is 0 Å². The number of rotatable bonds is 8. The number of hydrogen-bond donors (Lipinski definition) is 1. The van der Waals surface area contributed by atoms with Crippen LogP contribution in [0.2, 0.25) is 0 Å². The van der Waals surface area contributed by atoms with Crippen LogP contribution in [0, 0.1) is 0 Å². The van der Waals surface area contributed by atoms with Gasteiger partial charge in [0.15, 0.2) is 0 Å². The number of nitrogen functional groups attached to an aromatic ring is 1. The van der Waals surface area contributed by atoms with Gasteiger partial charge in [0.05, 0.1) is 12.8 Å². The van der Waals surface area contributed by atoms with Crippen LogP contribution in [0.4, 0.5) is 5.69 Å². The molecule has 0 aliphatic rings. The third-order valence-electron chi connectivity index (χ3n) is 3.10. The molecule has 0 aliphatic heterocycles. The number of benzene rings is 1. The molecule has 0 atom stereocenters. The van der Waals surface area contributed by atoms with Crippen LogP contribution >= 0.6 is 0 Å². The zero-order valence-electron chi connectivity index (χ0n) is 12.6. The summed E-state index contributed by atoms with van der Waals surface area (Å²) in [7, 11) is 5.86. The molecule has 0 radical (unpaired) electrons. The summed E-state index contributed by atoms with van der Waals surface area (Å²) < 4.78 is 5.19. The lowest BCUT2D eigenvalue weighted by molar-refractivity contribution is 0.234. The number of hydrogen-bond acceptors (Lipinski definition) is 4. The average Bonchev–Trinajstić information content (AvgIpc) is 2.36. The summed E-state index contributed by atoms with van der Waals surface area (Å²) >= 11 is 0. The highest BCUT2D eigenvalue weighted by molar-refractivity contribution is 5.54. The SMILES string of the molecule is CCCN(CCN(C)C)Cc1ccc(OC)c(N)c1. The van der Waals surface area contributed by atoms with E-state index in [1.54, 1.807) is 7.11 Å². The minimum Gasteiger partial charge on any atom is -0.495 e. The van der Waals surface area contributed by atoms with Gasteiger partial charge in [-0.1, -0.05) is 13.0 Å². The number of anilines is 1. The topological polar surface area (TPSA) is 41.7 Å². The molecule has 0 saturated heterocycles. The lowest BCUT2D eigenvalue weighted by Crippen LogP contribution is -2.32. The Morgan fingerprint density at radius 2 is 1.89 bits per heavy atom. The van der Waals surface area contributed by atoms with E-state index in [-0.39, 0.29) is 0 Å².